The lowest BCUT2D eigenvalue weighted by Crippen LogP contribution is -2.23. The summed E-state index contributed by atoms with van der Waals surface area (Å²) in [4.78, 5) is 17.8. The van der Waals surface area contributed by atoms with Crippen LogP contribution in [0.4, 0.5) is 0 Å². The third-order valence-electron chi connectivity index (χ3n) is 4.41. The first-order valence-corrected chi connectivity index (χ1v) is 7.62. The van der Waals surface area contributed by atoms with Crippen molar-refractivity contribution in [2.24, 2.45) is 21.6 Å². The second-order valence-electron chi connectivity index (χ2n) is 6.02. The normalized spacial score (nSPS) is 23.5. The lowest BCUT2D eigenvalue weighted by molar-refractivity contribution is 0.415. The summed E-state index contributed by atoms with van der Waals surface area (Å²) in [6.07, 6.45) is 6.99. The number of nitrogens with zero attached hydrogens (tertiary/aromatic N) is 4. The zero-order chi connectivity index (χ0) is 16.0. The first kappa shape index (κ1) is 13.9. The van der Waals surface area contributed by atoms with Gasteiger partial charge in [-0.2, -0.15) is 0 Å². The number of aliphatic imine (C=N–C) groups is 2. The van der Waals surface area contributed by atoms with Gasteiger partial charge in [0.25, 0.3) is 0 Å². The lowest BCUT2D eigenvalue weighted by atomic mass is 9.93. The monoisotopic (exact) mass is 307 g/mol. The Morgan fingerprint density at radius 1 is 1.22 bits per heavy atom. The molecule has 1 aliphatic heterocycles. The molecule has 6 heteroatoms. The van der Waals surface area contributed by atoms with Crippen molar-refractivity contribution in [1.82, 2.24) is 9.97 Å². The predicted octanol–water partition coefficient (Wildman–Crippen LogP) is 2.24. The van der Waals surface area contributed by atoms with Crippen molar-refractivity contribution >= 4 is 11.5 Å². The van der Waals surface area contributed by atoms with Crippen molar-refractivity contribution in [1.29, 1.82) is 0 Å². The van der Waals surface area contributed by atoms with Gasteiger partial charge in [-0.1, -0.05) is 6.07 Å². The van der Waals surface area contributed by atoms with Crippen LogP contribution in [0.2, 0.25) is 0 Å². The summed E-state index contributed by atoms with van der Waals surface area (Å²) in [5.74, 6) is 1.01. The zero-order valence-corrected chi connectivity index (χ0v) is 12.8. The van der Waals surface area contributed by atoms with Gasteiger partial charge in [-0.3, -0.25) is 15.0 Å². The molecule has 1 aliphatic carbocycles. The van der Waals surface area contributed by atoms with Crippen molar-refractivity contribution in [3.63, 3.8) is 0 Å². The highest BCUT2D eigenvalue weighted by Crippen LogP contribution is 2.52. The van der Waals surface area contributed by atoms with Crippen LogP contribution in [-0.4, -0.2) is 26.6 Å². The molecule has 2 aliphatic rings. The summed E-state index contributed by atoms with van der Waals surface area (Å²) >= 11 is 0. The van der Waals surface area contributed by atoms with Crippen LogP contribution in [0, 0.1) is 5.92 Å². The molecule has 0 radical (unpaired) electrons. The molecule has 4 rings (SSSR count). The van der Waals surface area contributed by atoms with Gasteiger partial charge in [0.2, 0.25) is 0 Å². The topological polar surface area (TPSA) is 96.8 Å². The predicted molar refractivity (Wildman–Crippen MR) is 88.3 cm³/mol. The number of hydrogen-bond donors (Lipinski definition) is 2. The number of phenolic OH excluding ortho intramolecular Hbond substituents is 1. The fourth-order valence-corrected chi connectivity index (χ4v) is 3.04. The average Bonchev–Trinajstić information content (AvgIpc) is 3.36. The number of amidine groups is 1. The summed E-state index contributed by atoms with van der Waals surface area (Å²) in [6.45, 7) is 1.88. The minimum absolute atomic E-state index is 0.163. The molecule has 1 atom stereocenters. The van der Waals surface area contributed by atoms with E-state index in [1.807, 2.05) is 19.1 Å². The van der Waals surface area contributed by atoms with Crippen LogP contribution in [0.25, 0.3) is 11.3 Å². The molecule has 0 amide bonds. The van der Waals surface area contributed by atoms with Crippen LogP contribution in [-0.2, 0) is 5.66 Å². The molecular formula is C17H17N5O. The SMILES string of the molecule is CC1=NC(c2ccc(O)c(-c3cnccn3)c2)(C2CC2)N=C1N. The maximum absolute atomic E-state index is 10.2. The van der Waals surface area contributed by atoms with Crippen molar-refractivity contribution in [3.8, 4) is 17.0 Å². The van der Waals surface area contributed by atoms with E-state index in [0.29, 0.717) is 23.0 Å². The van der Waals surface area contributed by atoms with Crippen LogP contribution in [0.5, 0.6) is 5.75 Å². The highest BCUT2D eigenvalue weighted by molar-refractivity contribution is 6.41. The maximum atomic E-state index is 10.2. The lowest BCUT2D eigenvalue weighted by Gasteiger charge is -2.24. The Balaban J connectivity index is 1.87. The van der Waals surface area contributed by atoms with E-state index in [1.165, 1.54) is 0 Å². The number of benzene rings is 1. The van der Waals surface area contributed by atoms with E-state index in [1.54, 1.807) is 24.7 Å². The molecule has 1 fully saturated rings. The Kier molecular flexibility index (Phi) is 2.94. The molecule has 6 nitrogen and oxygen atoms in total. The number of phenols is 1. The van der Waals surface area contributed by atoms with Gasteiger partial charge in [0, 0.05) is 29.4 Å². The summed E-state index contributed by atoms with van der Waals surface area (Å²) < 4.78 is 0. The molecule has 0 bridgehead atoms. The minimum Gasteiger partial charge on any atom is -0.507 e. The molecule has 0 spiro atoms. The van der Waals surface area contributed by atoms with Crippen molar-refractivity contribution in [2.45, 2.75) is 25.4 Å². The minimum atomic E-state index is -0.654. The van der Waals surface area contributed by atoms with Crippen LogP contribution in [0.3, 0.4) is 0 Å². The molecule has 2 heterocycles. The van der Waals surface area contributed by atoms with Crippen LogP contribution < -0.4 is 5.73 Å². The summed E-state index contributed by atoms with van der Waals surface area (Å²) in [5, 5.41) is 10.2. The average molecular weight is 307 g/mol. The summed E-state index contributed by atoms with van der Waals surface area (Å²) in [5.41, 5.74) is 8.28. The standard InChI is InChI=1S/C17H17N5O/c1-10-16(18)22-17(21-10,11-2-3-11)12-4-5-15(23)13(8-12)14-9-19-6-7-20-14/h4-9,11,23H,2-3H2,1H3,(H2,18,22). The van der Waals surface area contributed by atoms with Gasteiger partial charge in [0.15, 0.2) is 5.66 Å². The van der Waals surface area contributed by atoms with Crippen LogP contribution in [0.15, 0.2) is 46.8 Å². The highest BCUT2D eigenvalue weighted by atomic mass is 16.3. The van der Waals surface area contributed by atoms with Crippen molar-refractivity contribution < 1.29 is 5.11 Å². The number of aromatic hydroxyl groups is 1. The summed E-state index contributed by atoms with van der Waals surface area (Å²) in [7, 11) is 0. The van der Waals surface area contributed by atoms with Gasteiger partial charge in [0.05, 0.1) is 17.6 Å². The number of nitrogens with two attached hydrogens (primary N) is 1. The molecule has 1 unspecified atom stereocenters. The third kappa shape index (κ3) is 2.18. The van der Waals surface area contributed by atoms with E-state index in [9.17, 15) is 5.11 Å². The Morgan fingerprint density at radius 2 is 2.04 bits per heavy atom. The fourth-order valence-electron chi connectivity index (χ4n) is 3.04. The second kappa shape index (κ2) is 4.87. The fraction of sp³-hybridized carbons (Fsp3) is 0.294. The van der Waals surface area contributed by atoms with E-state index >= 15 is 0 Å². The number of hydrogen-bond acceptors (Lipinski definition) is 6. The first-order chi connectivity index (χ1) is 11.1. The van der Waals surface area contributed by atoms with Gasteiger partial charge in [0.1, 0.15) is 11.6 Å². The summed E-state index contributed by atoms with van der Waals surface area (Å²) in [6, 6.07) is 5.43. The highest BCUT2D eigenvalue weighted by Gasteiger charge is 2.49. The molecule has 1 aromatic heterocycles. The number of rotatable bonds is 3. The third-order valence-corrected chi connectivity index (χ3v) is 4.41. The van der Waals surface area contributed by atoms with Crippen molar-refractivity contribution in [2.75, 3.05) is 0 Å². The smallest absolute Gasteiger partial charge is 0.181 e. The molecule has 1 saturated carbocycles. The zero-order valence-electron chi connectivity index (χ0n) is 12.8. The Hall–Kier alpha value is -2.76. The molecule has 23 heavy (non-hydrogen) atoms. The van der Waals surface area contributed by atoms with E-state index in [2.05, 4.69) is 15.0 Å². The van der Waals surface area contributed by atoms with Gasteiger partial charge in [-0.05, 0) is 31.9 Å². The number of aromatic nitrogens is 2. The van der Waals surface area contributed by atoms with E-state index in [-0.39, 0.29) is 5.75 Å². The molecule has 0 saturated heterocycles. The maximum Gasteiger partial charge on any atom is 0.181 e. The van der Waals surface area contributed by atoms with Gasteiger partial charge >= 0.3 is 0 Å². The Morgan fingerprint density at radius 3 is 2.65 bits per heavy atom. The molecule has 1 aromatic carbocycles. The molecular weight excluding hydrogens is 290 g/mol. The van der Waals surface area contributed by atoms with Gasteiger partial charge in [-0.25, -0.2) is 4.99 Å². The largest absolute Gasteiger partial charge is 0.507 e. The van der Waals surface area contributed by atoms with Crippen LogP contribution in [0.1, 0.15) is 25.3 Å². The van der Waals surface area contributed by atoms with Crippen LogP contribution >= 0.6 is 0 Å². The van der Waals surface area contributed by atoms with Crippen molar-refractivity contribution in [3.05, 3.63) is 42.4 Å². The van der Waals surface area contributed by atoms with E-state index in [4.69, 9.17) is 10.7 Å². The van der Waals surface area contributed by atoms with Gasteiger partial charge < -0.3 is 10.8 Å². The molecule has 3 N–H and O–H groups in total. The van der Waals surface area contributed by atoms with Gasteiger partial charge in [-0.15, -0.1) is 0 Å². The molecule has 116 valence electrons. The quantitative estimate of drug-likeness (QED) is 0.908. The van der Waals surface area contributed by atoms with E-state index in [0.717, 1.165) is 24.1 Å². The van der Waals surface area contributed by atoms with E-state index < -0.39 is 5.66 Å². The Labute approximate surface area is 133 Å². The second-order valence-corrected chi connectivity index (χ2v) is 6.02. The first-order valence-electron chi connectivity index (χ1n) is 7.62. The molecule has 2 aromatic rings. The Bertz CT molecular complexity index is 806.